The van der Waals surface area contributed by atoms with E-state index >= 15 is 0 Å². The van der Waals surface area contributed by atoms with E-state index in [4.69, 9.17) is 0 Å². The predicted molar refractivity (Wildman–Crippen MR) is 100 cm³/mol. The lowest BCUT2D eigenvalue weighted by Crippen LogP contribution is -2.22. The zero-order valence-corrected chi connectivity index (χ0v) is 15.6. The Morgan fingerprint density at radius 2 is 1.96 bits per heavy atom. The van der Waals surface area contributed by atoms with Crippen LogP contribution < -0.4 is 5.32 Å². The van der Waals surface area contributed by atoms with Crippen molar-refractivity contribution in [2.45, 2.75) is 44.5 Å². The number of hydrogen-bond donors (Lipinski definition) is 1. The minimum Gasteiger partial charge on any atom is -0.325 e. The second-order valence-electron chi connectivity index (χ2n) is 5.96. The number of aryl methyl sites for hydroxylation is 3. The monoisotopic (exact) mass is 355 g/mol. The van der Waals surface area contributed by atoms with Gasteiger partial charge in [0.2, 0.25) is 5.91 Å². The van der Waals surface area contributed by atoms with E-state index in [-0.39, 0.29) is 11.2 Å². The zero-order chi connectivity index (χ0) is 18.0. The quantitative estimate of drug-likeness (QED) is 0.710. The van der Waals surface area contributed by atoms with Crippen LogP contribution in [0.15, 0.2) is 35.5 Å². The highest BCUT2D eigenvalue weighted by Gasteiger charge is 2.19. The Hall–Kier alpha value is -2.41. The van der Waals surface area contributed by atoms with Crippen molar-refractivity contribution in [1.82, 2.24) is 19.6 Å². The Morgan fingerprint density at radius 3 is 2.64 bits per heavy atom. The van der Waals surface area contributed by atoms with Gasteiger partial charge in [0.25, 0.3) is 5.78 Å². The molecule has 0 fully saturated rings. The fraction of sp³-hybridized carbons (Fsp3) is 0.333. The minimum absolute atomic E-state index is 0.0660. The van der Waals surface area contributed by atoms with Crippen LogP contribution in [0, 0.1) is 13.8 Å². The molecule has 2 heterocycles. The van der Waals surface area contributed by atoms with Gasteiger partial charge >= 0.3 is 0 Å². The van der Waals surface area contributed by atoms with E-state index in [2.05, 4.69) is 27.4 Å². The SMILES string of the molecule is CCc1ccc(NC(=O)[C@H](C)Sc2nnc3nc(C)cc(C)n23)cc1. The fourth-order valence-electron chi connectivity index (χ4n) is 2.56. The Labute approximate surface area is 151 Å². The van der Waals surface area contributed by atoms with Gasteiger partial charge in [0.15, 0.2) is 5.16 Å². The molecule has 7 heteroatoms. The molecule has 0 spiro atoms. The number of benzene rings is 1. The molecule has 0 aliphatic heterocycles. The van der Waals surface area contributed by atoms with Crippen LogP contribution in [0.2, 0.25) is 0 Å². The van der Waals surface area contributed by atoms with E-state index in [0.717, 1.165) is 23.5 Å². The van der Waals surface area contributed by atoms with E-state index < -0.39 is 0 Å². The number of rotatable bonds is 5. The van der Waals surface area contributed by atoms with E-state index in [1.165, 1.54) is 17.3 Å². The number of nitrogens with one attached hydrogen (secondary N) is 1. The van der Waals surface area contributed by atoms with Crippen molar-refractivity contribution in [2.24, 2.45) is 0 Å². The number of fused-ring (bicyclic) bond motifs is 1. The summed E-state index contributed by atoms with van der Waals surface area (Å²) >= 11 is 1.37. The minimum atomic E-state index is -0.307. The van der Waals surface area contributed by atoms with Crippen LogP contribution in [0.1, 0.15) is 30.8 Å². The van der Waals surface area contributed by atoms with Gasteiger partial charge in [-0.25, -0.2) is 4.98 Å². The van der Waals surface area contributed by atoms with Crippen LogP contribution in [0.3, 0.4) is 0 Å². The first kappa shape index (κ1) is 17.4. The molecule has 0 unspecified atom stereocenters. The molecule has 3 rings (SSSR count). The largest absolute Gasteiger partial charge is 0.325 e. The highest BCUT2D eigenvalue weighted by Crippen LogP contribution is 2.24. The van der Waals surface area contributed by atoms with E-state index in [1.54, 1.807) is 0 Å². The second kappa shape index (κ2) is 7.23. The summed E-state index contributed by atoms with van der Waals surface area (Å²) in [5, 5.41) is 11.6. The van der Waals surface area contributed by atoms with Crippen LogP contribution in [0.5, 0.6) is 0 Å². The average molecular weight is 355 g/mol. The summed E-state index contributed by atoms with van der Waals surface area (Å²) < 4.78 is 1.87. The van der Waals surface area contributed by atoms with Crippen molar-refractivity contribution in [1.29, 1.82) is 0 Å². The highest BCUT2D eigenvalue weighted by molar-refractivity contribution is 8.00. The van der Waals surface area contributed by atoms with Gasteiger partial charge in [0.1, 0.15) is 0 Å². The Bertz CT molecular complexity index is 904. The van der Waals surface area contributed by atoms with Gasteiger partial charge in [0, 0.05) is 17.1 Å². The smallest absolute Gasteiger partial charge is 0.256 e. The molecule has 0 radical (unpaired) electrons. The van der Waals surface area contributed by atoms with Crippen molar-refractivity contribution in [3.63, 3.8) is 0 Å². The van der Waals surface area contributed by atoms with Gasteiger partial charge in [-0.2, -0.15) is 0 Å². The molecule has 0 aliphatic rings. The number of carbonyl (C=O) groups is 1. The number of thioether (sulfide) groups is 1. The van der Waals surface area contributed by atoms with Crippen molar-refractivity contribution in [2.75, 3.05) is 5.32 Å². The topological polar surface area (TPSA) is 72.2 Å². The van der Waals surface area contributed by atoms with Crippen LogP contribution in [0.25, 0.3) is 5.78 Å². The summed E-state index contributed by atoms with van der Waals surface area (Å²) in [7, 11) is 0. The molecule has 6 nitrogen and oxygen atoms in total. The lowest BCUT2D eigenvalue weighted by molar-refractivity contribution is -0.115. The number of aromatic nitrogens is 4. The van der Waals surface area contributed by atoms with E-state index in [1.807, 2.05) is 55.5 Å². The van der Waals surface area contributed by atoms with Crippen molar-refractivity contribution in [3.8, 4) is 0 Å². The van der Waals surface area contributed by atoms with Gasteiger partial charge in [-0.3, -0.25) is 9.20 Å². The summed E-state index contributed by atoms with van der Waals surface area (Å²) in [5.74, 6) is 0.492. The molecule has 0 saturated carbocycles. The summed E-state index contributed by atoms with van der Waals surface area (Å²) in [6.07, 6.45) is 0.979. The number of carbonyl (C=O) groups excluding carboxylic acids is 1. The van der Waals surface area contributed by atoms with E-state index in [9.17, 15) is 4.79 Å². The molecule has 0 bridgehead atoms. The molecule has 1 amide bonds. The molecular weight excluding hydrogens is 334 g/mol. The van der Waals surface area contributed by atoms with Crippen LogP contribution in [0.4, 0.5) is 5.69 Å². The molecule has 130 valence electrons. The second-order valence-corrected chi connectivity index (χ2v) is 7.26. The molecule has 1 N–H and O–H groups in total. The third-order valence-electron chi connectivity index (χ3n) is 3.94. The first-order valence-corrected chi connectivity index (χ1v) is 9.11. The lowest BCUT2D eigenvalue weighted by Gasteiger charge is -2.12. The highest BCUT2D eigenvalue weighted by atomic mass is 32.2. The first-order chi connectivity index (χ1) is 12.0. The van der Waals surface area contributed by atoms with Gasteiger partial charge in [-0.15, -0.1) is 10.2 Å². The third-order valence-corrected chi connectivity index (χ3v) is 4.99. The zero-order valence-electron chi connectivity index (χ0n) is 14.8. The third kappa shape index (κ3) is 3.82. The predicted octanol–water partition coefficient (Wildman–Crippen LogP) is 3.42. The Balaban J connectivity index is 1.73. The number of anilines is 1. The summed E-state index contributed by atoms with van der Waals surface area (Å²) in [5.41, 5.74) is 3.94. The van der Waals surface area contributed by atoms with Gasteiger partial charge < -0.3 is 5.32 Å². The number of amides is 1. The maximum atomic E-state index is 12.5. The number of hydrogen-bond acceptors (Lipinski definition) is 5. The molecule has 0 aliphatic carbocycles. The van der Waals surface area contributed by atoms with E-state index in [0.29, 0.717) is 10.9 Å². The van der Waals surface area contributed by atoms with Crippen molar-refractivity contribution >= 4 is 29.1 Å². The molecule has 1 atom stereocenters. The first-order valence-electron chi connectivity index (χ1n) is 8.23. The molecule has 3 aromatic rings. The lowest BCUT2D eigenvalue weighted by atomic mass is 10.1. The normalized spacial score (nSPS) is 12.3. The van der Waals surface area contributed by atoms with Crippen LogP contribution in [-0.2, 0) is 11.2 Å². The van der Waals surface area contributed by atoms with Crippen LogP contribution in [-0.4, -0.2) is 30.7 Å². The Kier molecular flexibility index (Phi) is 5.03. The molecule has 25 heavy (non-hydrogen) atoms. The molecular formula is C18H21N5OS. The standard InChI is InChI=1S/C18H21N5OS/c1-5-14-6-8-15(9-7-14)20-16(24)13(4)25-18-22-21-17-19-11(2)10-12(3)23(17)18/h6-10,13H,5H2,1-4H3,(H,20,24)/t13-/m0/s1. The maximum Gasteiger partial charge on any atom is 0.256 e. The summed E-state index contributed by atoms with van der Waals surface area (Å²) in [4.78, 5) is 16.8. The summed E-state index contributed by atoms with van der Waals surface area (Å²) in [6.45, 7) is 7.87. The van der Waals surface area contributed by atoms with Crippen molar-refractivity contribution in [3.05, 3.63) is 47.3 Å². The maximum absolute atomic E-state index is 12.5. The fourth-order valence-corrected chi connectivity index (χ4v) is 3.46. The van der Waals surface area contributed by atoms with Gasteiger partial charge in [-0.1, -0.05) is 30.8 Å². The van der Waals surface area contributed by atoms with Gasteiger partial charge in [0.05, 0.1) is 5.25 Å². The van der Waals surface area contributed by atoms with Crippen molar-refractivity contribution < 1.29 is 4.79 Å². The summed E-state index contributed by atoms with van der Waals surface area (Å²) in [6, 6.07) is 9.88. The molecule has 1 aromatic carbocycles. The Morgan fingerprint density at radius 1 is 1.24 bits per heavy atom. The average Bonchev–Trinajstić information content (AvgIpc) is 2.98. The van der Waals surface area contributed by atoms with Crippen LogP contribution >= 0.6 is 11.8 Å². The van der Waals surface area contributed by atoms with Gasteiger partial charge in [-0.05, 0) is 51.0 Å². The number of nitrogens with zero attached hydrogens (tertiary/aromatic N) is 4. The molecule has 0 saturated heterocycles. The molecule has 2 aromatic heterocycles.